The van der Waals surface area contributed by atoms with E-state index in [4.69, 9.17) is 9.47 Å². The number of aromatic amines is 1. The lowest BCUT2D eigenvalue weighted by atomic mass is 10.0. The van der Waals surface area contributed by atoms with Gasteiger partial charge in [0.15, 0.2) is 0 Å². The Bertz CT molecular complexity index is 926. The van der Waals surface area contributed by atoms with E-state index in [-0.39, 0.29) is 12.7 Å². The van der Waals surface area contributed by atoms with Gasteiger partial charge >= 0.3 is 0 Å². The van der Waals surface area contributed by atoms with Gasteiger partial charge in [0, 0.05) is 10.9 Å². The smallest absolute Gasteiger partial charge is 0.293 e. The van der Waals surface area contributed by atoms with E-state index in [1.54, 1.807) is 6.07 Å². The van der Waals surface area contributed by atoms with Crippen molar-refractivity contribution in [1.29, 1.82) is 0 Å². The van der Waals surface area contributed by atoms with Crippen LogP contribution < -0.4 is 10.1 Å². The third-order valence-corrected chi connectivity index (χ3v) is 4.22. The van der Waals surface area contributed by atoms with Gasteiger partial charge < -0.3 is 14.8 Å². The second-order valence-corrected chi connectivity index (χ2v) is 6.36. The van der Waals surface area contributed by atoms with Crippen LogP contribution in [0, 0.1) is 5.82 Å². The maximum Gasteiger partial charge on any atom is 0.293 e. The molecule has 0 aliphatic rings. The highest BCUT2D eigenvalue weighted by Crippen LogP contribution is 2.31. The lowest BCUT2D eigenvalue weighted by molar-refractivity contribution is -0.129. The Labute approximate surface area is 156 Å². The first kappa shape index (κ1) is 18.8. The third-order valence-electron chi connectivity index (χ3n) is 4.22. The van der Waals surface area contributed by atoms with Crippen molar-refractivity contribution < 1.29 is 18.7 Å². The average Bonchev–Trinajstić information content (AvgIpc) is 3.07. The van der Waals surface area contributed by atoms with Crippen LogP contribution in [0.5, 0.6) is 5.75 Å². The van der Waals surface area contributed by atoms with Gasteiger partial charge in [-0.25, -0.2) is 4.39 Å². The average molecular weight is 371 g/mol. The number of benzene rings is 2. The van der Waals surface area contributed by atoms with Gasteiger partial charge in [-0.2, -0.15) is 5.10 Å². The molecule has 0 spiro atoms. The summed E-state index contributed by atoms with van der Waals surface area (Å²) >= 11 is 0. The Balaban J connectivity index is 1.92. The first-order valence-corrected chi connectivity index (χ1v) is 8.75. The minimum atomic E-state index is -0.416. The predicted molar refractivity (Wildman–Crippen MR) is 101 cm³/mol. The summed E-state index contributed by atoms with van der Waals surface area (Å²) < 4.78 is 24.7. The van der Waals surface area contributed by atoms with Gasteiger partial charge in [0.25, 0.3) is 6.47 Å². The summed E-state index contributed by atoms with van der Waals surface area (Å²) in [5, 5.41) is 11.2. The van der Waals surface area contributed by atoms with E-state index in [0.29, 0.717) is 23.3 Å². The lowest BCUT2D eigenvalue weighted by Crippen LogP contribution is -2.19. The van der Waals surface area contributed by atoms with Crippen molar-refractivity contribution in [2.75, 3.05) is 13.6 Å². The maximum absolute atomic E-state index is 14.0. The number of fused-ring (bicyclic) bond motifs is 1. The monoisotopic (exact) mass is 371 g/mol. The van der Waals surface area contributed by atoms with Crippen LogP contribution in [0.2, 0.25) is 0 Å². The molecule has 2 aromatic carbocycles. The number of halogens is 1. The number of hydrogen-bond acceptors (Lipinski definition) is 5. The van der Waals surface area contributed by atoms with Crippen molar-refractivity contribution in [3.8, 4) is 17.0 Å². The Morgan fingerprint density at radius 2 is 2.15 bits per heavy atom. The number of aromatic nitrogens is 2. The van der Waals surface area contributed by atoms with Crippen molar-refractivity contribution in [2.45, 2.75) is 26.1 Å². The van der Waals surface area contributed by atoms with Crippen LogP contribution in [0.25, 0.3) is 22.2 Å². The molecule has 0 aliphatic heterocycles. The van der Waals surface area contributed by atoms with Crippen molar-refractivity contribution >= 4 is 17.4 Å². The summed E-state index contributed by atoms with van der Waals surface area (Å²) in [6.07, 6.45) is 0.947. The van der Waals surface area contributed by atoms with Crippen molar-refractivity contribution in [3.63, 3.8) is 0 Å². The Hall–Kier alpha value is -2.93. The summed E-state index contributed by atoms with van der Waals surface area (Å²) in [7, 11) is 1.91. The zero-order chi connectivity index (χ0) is 19.2. The molecule has 0 amide bonds. The molecule has 0 radical (unpaired) electrons. The van der Waals surface area contributed by atoms with Gasteiger partial charge in [0.1, 0.15) is 23.9 Å². The molecule has 0 saturated carbocycles. The van der Waals surface area contributed by atoms with Crippen molar-refractivity contribution in [2.24, 2.45) is 0 Å². The second-order valence-electron chi connectivity index (χ2n) is 6.36. The lowest BCUT2D eigenvalue weighted by Gasteiger charge is -2.14. The zero-order valence-corrected chi connectivity index (χ0v) is 15.3. The first-order chi connectivity index (χ1) is 13.1. The number of H-pyrrole nitrogens is 1. The molecule has 0 aliphatic carbocycles. The van der Waals surface area contributed by atoms with Crippen LogP contribution in [0.1, 0.15) is 18.9 Å². The number of carbonyl (C=O) groups is 1. The third kappa shape index (κ3) is 4.62. The molecule has 2 N–H and O–H groups in total. The summed E-state index contributed by atoms with van der Waals surface area (Å²) in [6.45, 7) is 3.24. The van der Waals surface area contributed by atoms with Gasteiger partial charge in [0.2, 0.25) is 0 Å². The van der Waals surface area contributed by atoms with E-state index in [2.05, 4.69) is 15.5 Å². The zero-order valence-electron chi connectivity index (χ0n) is 15.3. The molecule has 0 bridgehead atoms. The second kappa shape index (κ2) is 8.64. The van der Waals surface area contributed by atoms with Crippen LogP contribution >= 0.6 is 0 Å². The van der Waals surface area contributed by atoms with E-state index in [0.717, 1.165) is 29.6 Å². The Morgan fingerprint density at radius 3 is 2.93 bits per heavy atom. The van der Waals surface area contributed by atoms with Gasteiger partial charge in [-0.3, -0.25) is 9.89 Å². The fourth-order valence-electron chi connectivity index (χ4n) is 2.93. The minimum absolute atomic E-state index is 0.00789. The quantitative estimate of drug-likeness (QED) is 0.564. The van der Waals surface area contributed by atoms with E-state index >= 15 is 0 Å². The SMILES string of the molecule is CNCCC(C)Oc1ccc2[nH]nc(-c3cc(F)cc(COC=O)c3)c2c1. The Morgan fingerprint density at radius 1 is 1.30 bits per heavy atom. The highest BCUT2D eigenvalue weighted by atomic mass is 19.1. The molecule has 142 valence electrons. The number of nitrogens with one attached hydrogen (secondary N) is 2. The summed E-state index contributed by atoms with van der Waals surface area (Å²) in [6, 6.07) is 10.2. The molecule has 1 atom stereocenters. The molecule has 3 rings (SSSR count). The van der Waals surface area contributed by atoms with Crippen molar-refractivity contribution in [3.05, 3.63) is 47.8 Å². The molecule has 6 nitrogen and oxygen atoms in total. The number of carbonyl (C=O) groups excluding carboxylic acids is 1. The standard InChI is InChI=1S/C20H22FN3O3/c1-13(5-6-22-2)27-17-3-4-19-18(10-17)20(24-23-19)15-7-14(11-26-12-25)8-16(21)9-15/h3-4,7-10,12-13,22H,5-6,11H2,1-2H3,(H,23,24). The van der Waals surface area contributed by atoms with Crippen LogP contribution in [-0.4, -0.2) is 36.4 Å². The van der Waals surface area contributed by atoms with Crippen molar-refractivity contribution in [1.82, 2.24) is 15.5 Å². The summed E-state index contributed by atoms with van der Waals surface area (Å²) in [4.78, 5) is 10.4. The van der Waals surface area contributed by atoms with Gasteiger partial charge in [0.05, 0.1) is 11.6 Å². The molecule has 7 heteroatoms. The van der Waals surface area contributed by atoms with Crippen LogP contribution in [-0.2, 0) is 16.1 Å². The number of ether oxygens (including phenoxy) is 2. The largest absolute Gasteiger partial charge is 0.491 e. The molecule has 0 fully saturated rings. The fourth-order valence-corrected chi connectivity index (χ4v) is 2.93. The topological polar surface area (TPSA) is 76.2 Å². The maximum atomic E-state index is 14.0. The summed E-state index contributed by atoms with van der Waals surface area (Å²) in [5.41, 5.74) is 2.60. The highest BCUT2D eigenvalue weighted by Gasteiger charge is 2.13. The molecule has 27 heavy (non-hydrogen) atoms. The first-order valence-electron chi connectivity index (χ1n) is 8.75. The summed E-state index contributed by atoms with van der Waals surface area (Å²) in [5.74, 6) is 0.316. The molecule has 1 unspecified atom stereocenters. The molecular formula is C20H22FN3O3. The van der Waals surface area contributed by atoms with E-state index < -0.39 is 5.82 Å². The molecule has 1 aromatic heterocycles. The fraction of sp³-hybridized carbons (Fsp3) is 0.300. The number of nitrogens with zero attached hydrogens (tertiary/aromatic N) is 1. The van der Waals surface area contributed by atoms with Gasteiger partial charge in [-0.1, -0.05) is 0 Å². The predicted octanol–water partition coefficient (Wildman–Crippen LogP) is 3.42. The normalized spacial score (nSPS) is 12.1. The number of hydrogen-bond donors (Lipinski definition) is 2. The van der Waals surface area contributed by atoms with Crippen LogP contribution in [0.4, 0.5) is 4.39 Å². The van der Waals surface area contributed by atoms with E-state index in [9.17, 15) is 9.18 Å². The molecule has 1 heterocycles. The van der Waals surface area contributed by atoms with Gasteiger partial charge in [-0.15, -0.1) is 0 Å². The van der Waals surface area contributed by atoms with E-state index in [1.807, 2.05) is 32.2 Å². The van der Waals surface area contributed by atoms with Crippen LogP contribution in [0.3, 0.4) is 0 Å². The minimum Gasteiger partial charge on any atom is -0.491 e. The van der Waals surface area contributed by atoms with E-state index in [1.165, 1.54) is 12.1 Å². The number of rotatable bonds is 9. The molecule has 0 saturated heterocycles. The highest BCUT2D eigenvalue weighted by molar-refractivity contribution is 5.93. The molecule has 3 aromatic rings. The van der Waals surface area contributed by atoms with Crippen LogP contribution in [0.15, 0.2) is 36.4 Å². The van der Waals surface area contributed by atoms with Gasteiger partial charge in [-0.05, 0) is 68.9 Å². The Kier molecular flexibility index (Phi) is 6.03. The molecular weight excluding hydrogens is 349 g/mol.